The summed E-state index contributed by atoms with van der Waals surface area (Å²) in [6.45, 7) is 6.24. The minimum absolute atomic E-state index is 0.0831. The Morgan fingerprint density at radius 2 is 2.05 bits per heavy atom. The summed E-state index contributed by atoms with van der Waals surface area (Å²) in [5.41, 5.74) is 7.02. The molecule has 0 fully saturated rings. The summed E-state index contributed by atoms with van der Waals surface area (Å²) in [6, 6.07) is 3.03. The lowest BCUT2D eigenvalue weighted by molar-refractivity contribution is -0.136. The fourth-order valence-corrected chi connectivity index (χ4v) is 2.07. The van der Waals surface area contributed by atoms with Gasteiger partial charge in [0.1, 0.15) is 0 Å². The quantitative estimate of drug-likeness (QED) is 0.741. The van der Waals surface area contributed by atoms with E-state index in [-0.39, 0.29) is 30.2 Å². The van der Waals surface area contributed by atoms with Crippen LogP contribution in [0, 0.1) is 5.41 Å². The van der Waals surface area contributed by atoms with Gasteiger partial charge < -0.3 is 16.2 Å². The van der Waals surface area contributed by atoms with E-state index in [9.17, 15) is 9.59 Å². The van der Waals surface area contributed by atoms with Gasteiger partial charge in [-0.1, -0.05) is 20.8 Å². The summed E-state index contributed by atoms with van der Waals surface area (Å²) >= 11 is 0. The van der Waals surface area contributed by atoms with Gasteiger partial charge in [-0.25, -0.2) is 0 Å². The van der Waals surface area contributed by atoms with Crippen molar-refractivity contribution in [1.82, 2.24) is 4.98 Å². The molecule has 6 heteroatoms. The average Bonchev–Trinajstić information content (AvgIpc) is 2.28. The standard InChI is InChI=1S/C15H23N3O3/c1-15(2,3)8-10(16)6-13(19)18-12-5-4-11(17-9-12)7-14(20)21/h4-5,9-10H,6-8,16H2,1-3H3,(H,18,19)(H,20,21). The molecule has 1 aromatic heterocycles. The van der Waals surface area contributed by atoms with E-state index >= 15 is 0 Å². The molecule has 1 heterocycles. The van der Waals surface area contributed by atoms with Gasteiger partial charge in [0.15, 0.2) is 0 Å². The molecule has 0 bridgehead atoms. The van der Waals surface area contributed by atoms with Crippen LogP contribution in [-0.2, 0) is 16.0 Å². The van der Waals surface area contributed by atoms with Gasteiger partial charge in [0.2, 0.25) is 5.91 Å². The number of nitrogens with two attached hydrogens (primary N) is 1. The average molecular weight is 293 g/mol. The Morgan fingerprint density at radius 3 is 2.52 bits per heavy atom. The van der Waals surface area contributed by atoms with Crippen molar-refractivity contribution in [3.63, 3.8) is 0 Å². The van der Waals surface area contributed by atoms with E-state index in [1.807, 2.05) is 0 Å². The zero-order chi connectivity index (χ0) is 16.0. The predicted octanol–water partition coefficient (Wildman–Crippen LogP) is 1.80. The van der Waals surface area contributed by atoms with Crippen molar-refractivity contribution in [2.24, 2.45) is 11.1 Å². The number of aliphatic carboxylic acids is 1. The Hall–Kier alpha value is -1.95. The van der Waals surface area contributed by atoms with E-state index in [0.29, 0.717) is 11.4 Å². The minimum Gasteiger partial charge on any atom is -0.481 e. The highest BCUT2D eigenvalue weighted by Gasteiger charge is 2.18. The Morgan fingerprint density at radius 1 is 1.38 bits per heavy atom. The minimum atomic E-state index is -0.938. The molecule has 1 aromatic rings. The van der Waals surface area contributed by atoms with Gasteiger partial charge in [-0.15, -0.1) is 0 Å². The van der Waals surface area contributed by atoms with Crippen LogP contribution in [0.4, 0.5) is 5.69 Å². The van der Waals surface area contributed by atoms with E-state index in [1.54, 1.807) is 12.1 Å². The fourth-order valence-electron chi connectivity index (χ4n) is 2.07. The molecule has 0 aromatic carbocycles. The number of carbonyl (C=O) groups excluding carboxylic acids is 1. The molecule has 0 saturated heterocycles. The van der Waals surface area contributed by atoms with Gasteiger partial charge in [0.05, 0.1) is 24.0 Å². The number of amides is 1. The van der Waals surface area contributed by atoms with Crippen molar-refractivity contribution in [3.8, 4) is 0 Å². The lowest BCUT2D eigenvalue weighted by Crippen LogP contribution is -2.31. The first-order valence-corrected chi connectivity index (χ1v) is 6.88. The molecule has 6 nitrogen and oxygen atoms in total. The molecular formula is C15H23N3O3. The third-order valence-electron chi connectivity index (χ3n) is 2.76. The lowest BCUT2D eigenvalue weighted by Gasteiger charge is -2.22. The number of carbonyl (C=O) groups is 2. The summed E-state index contributed by atoms with van der Waals surface area (Å²) in [7, 11) is 0. The lowest BCUT2D eigenvalue weighted by atomic mass is 9.87. The monoisotopic (exact) mass is 293 g/mol. The number of carboxylic acids is 1. The Bertz CT molecular complexity index is 492. The number of hydrogen-bond donors (Lipinski definition) is 3. The van der Waals surface area contributed by atoms with Crippen molar-refractivity contribution in [3.05, 3.63) is 24.0 Å². The van der Waals surface area contributed by atoms with Crippen LogP contribution in [0.5, 0.6) is 0 Å². The number of anilines is 1. The first-order chi connectivity index (χ1) is 9.65. The maximum Gasteiger partial charge on any atom is 0.309 e. The molecular weight excluding hydrogens is 270 g/mol. The van der Waals surface area contributed by atoms with E-state index in [4.69, 9.17) is 10.8 Å². The number of carboxylic acid groups (broad SMARTS) is 1. The van der Waals surface area contributed by atoms with Crippen LogP contribution in [0.2, 0.25) is 0 Å². The molecule has 1 rings (SSSR count). The summed E-state index contributed by atoms with van der Waals surface area (Å²) in [6.07, 6.45) is 2.32. The number of rotatable bonds is 6. The SMILES string of the molecule is CC(C)(C)CC(N)CC(=O)Nc1ccc(CC(=O)O)nc1. The van der Waals surface area contributed by atoms with Gasteiger partial charge in [0.25, 0.3) is 0 Å². The molecule has 0 aliphatic rings. The first-order valence-electron chi connectivity index (χ1n) is 6.88. The smallest absolute Gasteiger partial charge is 0.309 e. The third kappa shape index (κ3) is 7.41. The highest BCUT2D eigenvalue weighted by molar-refractivity contribution is 5.90. The van der Waals surface area contributed by atoms with Crippen LogP contribution < -0.4 is 11.1 Å². The predicted molar refractivity (Wildman–Crippen MR) is 80.9 cm³/mol. The Labute approximate surface area is 124 Å². The van der Waals surface area contributed by atoms with Crippen molar-refractivity contribution in [2.45, 2.75) is 46.1 Å². The second-order valence-electron chi connectivity index (χ2n) is 6.39. The third-order valence-corrected chi connectivity index (χ3v) is 2.76. The van der Waals surface area contributed by atoms with Crippen molar-refractivity contribution in [2.75, 3.05) is 5.32 Å². The van der Waals surface area contributed by atoms with E-state index in [0.717, 1.165) is 6.42 Å². The summed E-state index contributed by atoms with van der Waals surface area (Å²) in [5.74, 6) is -1.10. The van der Waals surface area contributed by atoms with Crippen LogP contribution >= 0.6 is 0 Å². The number of nitrogens with zero attached hydrogens (tertiary/aromatic N) is 1. The maximum absolute atomic E-state index is 11.9. The number of hydrogen-bond acceptors (Lipinski definition) is 4. The number of nitrogens with one attached hydrogen (secondary N) is 1. The molecule has 0 spiro atoms. The van der Waals surface area contributed by atoms with Gasteiger partial charge in [0, 0.05) is 12.5 Å². The van der Waals surface area contributed by atoms with Crippen LogP contribution in [0.15, 0.2) is 18.3 Å². The highest BCUT2D eigenvalue weighted by Crippen LogP contribution is 2.21. The topological polar surface area (TPSA) is 105 Å². The van der Waals surface area contributed by atoms with Gasteiger partial charge in [-0.05, 0) is 24.0 Å². The molecule has 21 heavy (non-hydrogen) atoms. The first kappa shape index (κ1) is 17.1. The highest BCUT2D eigenvalue weighted by atomic mass is 16.4. The molecule has 0 aliphatic carbocycles. The Kier molecular flexibility index (Phi) is 5.84. The van der Waals surface area contributed by atoms with Crippen molar-refractivity contribution in [1.29, 1.82) is 0 Å². The summed E-state index contributed by atoms with van der Waals surface area (Å²) in [4.78, 5) is 26.4. The maximum atomic E-state index is 11.9. The molecule has 116 valence electrons. The zero-order valence-corrected chi connectivity index (χ0v) is 12.7. The van der Waals surface area contributed by atoms with Crippen LogP contribution in [-0.4, -0.2) is 28.0 Å². The van der Waals surface area contributed by atoms with Gasteiger partial charge in [-0.2, -0.15) is 0 Å². The molecule has 1 amide bonds. The van der Waals surface area contributed by atoms with Gasteiger partial charge >= 0.3 is 5.97 Å². The molecule has 4 N–H and O–H groups in total. The fraction of sp³-hybridized carbons (Fsp3) is 0.533. The molecule has 0 aliphatic heterocycles. The second kappa shape index (κ2) is 7.17. The summed E-state index contributed by atoms with van der Waals surface area (Å²) < 4.78 is 0. The summed E-state index contributed by atoms with van der Waals surface area (Å²) in [5, 5.41) is 11.4. The van der Waals surface area contributed by atoms with Crippen molar-refractivity contribution >= 4 is 17.6 Å². The van der Waals surface area contributed by atoms with E-state index < -0.39 is 5.97 Å². The van der Waals surface area contributed by atoms with Crippen molar-refractivity contribution < 1.29 is 14.7 Å². The second-order valence-corrected chi connectivity index (χ2v) is 6.39. The van der Waals surface area contributed by atoms with Crippen LogP contribution in [0.1, 0.15) is 39.3 Å². The Balaban J connectivity index is 2.49. The number of pyridine rings is 1. The zero-order valence-electron chi connectivity index (χ0n) is 12.7. The molecule has 0 saturated carbocycles. The van der Waals surface area contributed by atoms with Crippen LogP contribution in [0.3, 0.4) is 0 Å². The van der Waals surface area contributed by atoms with Crippen LogP contribution in [0.25, 0.3) is 0 Å². The van der Waals surface area contributed by atoms with E-state index in [1.165, 1.54) is 6.20 Å². The van der Waals surface area contributed by atoms with E-state index in [2.05, 4.69) is 31.1 Å². The molecule has 0 radical (unpaired) electrons. The molecule has 1 unspecified atom stereocenters. The normalized spacial score (nSPS) is 12.8. The van der Waals surface area contributed by atoms with Gasteiger partial charge in [-0.3, -0.25) is 14.6 Å². The largest absolute Gasteiger partial charge is 0.481 e. The molecule has 1 atom stereocenters. The number of aromatic nitrogens is 1.